The molecule has 1 aliphatic rings. The molecule has 0 radical (unpaired) electrons. The minimum absolute atomic E-state index is 0.0805. The van der Waals surface area contributed by atoms with Crippen molar-refractivity contribution < 1.29 is 14.3 Å². The molecule has 0 aliphatic heterocycles. The minimum atomic E-state index is -0.510. The van der Waals surface area contributed by atoms with Crippen molar-refractivity contribution in [1.29, 1.82) is 0 Å². The first-order chi connectivity index (χ1) is 17.0. The first kappa shape index (κ1) is 27.4. The quantitative estimate of drug-likeness (QED) is 0.120. The Labute approximate surface area is 242 Å². The molecule has 1 saturated carbocycles. The number of hydrogen-bond acceptors (Lipinski definition) is 3. The second-order valence-electron chi connectivity index (χ2n) is 10.4. The Morgan fingerprint density at radius 3 is 1.83 bits per heavy atom. The summed E-state index contributed by atoms with van der Waals surface area (Å²) in [6.45, 7) is 9.65. The molecule has 0 bridgehead atoms. The topological polar surface area (TPSA) is 35.5 Å². The van der Waals surface area contributed by atoms with Gasteiger partial charge in [0.2, 0.25) is 0 Å². The van der Waals surface area contributed by atoms with E-state index in [-0.39, 0.29) is 12.8 Å². The van der Waals surface area contributed by atoms with Crippen LogP contribution in [0.2, 0.25) is 0 Å². The molecular formula is C31H34I2O3. The zero-order chi connectivity index (χ0) is 26.0. The summed E-state index contributed by atoms with van der Waals surface area (Å²) >= 11 is 4.95. The highest BCUT2D eigenvalue weighted by molar-refractivity contribution is 14.1. The average molecular weight is 708 g/mol. The van der Waals surface area contributed by atoms with Crippen molar-refractivity contribution in [2.75, 3.05) is 0 Å². The molecule has 1 aliphatic carbocycles. The van der Waals surface area contributed by atoms with E-state index in [0.29, 0.717) is 13.2 Å². The number of halogens is 2. The Balaban J connectivity index is 1.32. The van der Waals surface area contributed by atoms with Gasteiger partial charge in [0.1, 0.15) is 19.0 Å². The van der Waals surface area contributed by atoms with Crippen LogP contribution in [0, 0.1) is 0 Å². The van der Waals surface area contributed by atoms with Gasteiger partial charge in [0.05, 0.1) is 5.41 Å². The molecule has 0 spiro atoms. The summed E-state index contributed by atoms with van der Waals surface area (Å²) < 4.78 is 12.0. The number of ether oxygens (including phenoxy) is 2. The molecule has 3 nitrogen and oxygen atoms in total. The fraction of sp³-hybridized carbons (Fsp3) is 0.387. The molecule has 1 unspecified atom stereocenters. The first-order valence-electron chi connectivity index (χ1n) is 12.5. The van der Waals surface area contributed by atoms with E-state index in [1.165, 1.54) is 11.1 Å². The van der Waals surface area contributed by atoms with Crippen molar-refractivity contribution in [1.82, 2.24) is 0 Å². The van der Waals surface area contributed by atoms with E-state index in [4.69, 9.17) is 9.47 Å². The predicted octanol–water partition coefficient (Wildman–Crippen LogP) is 8.77. The number of alkyl halides is 2. The third-order valence-electron chi connectivity index (χ3n) is 7.18. The molecule has 0 amide bonds. The van der Waals surface area contributed by atoms with Crippen molar-refractivity contribution in [2.45, 2.75) is 72.4 Å². The SMILES string of the molecule is CCC(C)(I)c1ccc(COc2ccc(C3(C(=O)OCc4ccc(C(C)(C)I)cc4)CC3)cc2)cc1. The number of esters is 1. The zero-order valence-corrected chi connectivity index (χ0v) is 25.8. The molecule has 0 N–H and O–H groups in total. The van der Waals surface area contributed by atoms with E-state index in [9.17, 15) is 4.79 Å². The van der Waals surface area contributed by atoms with Gasteiger partial charge in [-0.1, -0.05) is 113 Å². The Bertz CT molecular complexity index is 1170. The van der Waals surface area contributed by atoms with Gasteiger partial charge in [-0.05, 0) is 80.0 Å². The van der Waals surface area contributed by atoms with Crippen molar-refractivity contribution in [3.05, 3.63) is 101 Å². The van der Waals surface area contributed by atoms with Crippen molar-refractivity contribution in [3.63, 3.8) is 0 Å². The molecule has 5 heteroatoms. The van der Waals surface area contributed by atoms with E-state index < -0.39 is 5.41 Å². The Morgan fingerprint density at radius 2 is 1.33 bits per heavy atom. The van der Waals surface area contributed by atoms with Crippen LogP contribution < -0.4 is 4.74 Å². The second kappa shape index (κ2) is 11.0. The number of hydrogen-bond donors (Lipinski definition) is 0. The highest BCUT2D eigenvalue weighted by atomic mass is 127. The highest BCUT2D eigenvalue weighted by Crippen LogP contribution is 2.49. The number of rotatable bonds is 10. The Morgan fingerprint density at radius 1 is 0.806 bits per heavy atom. The Kier molecular flexibility index (Phi) is 8.39. The van der Waals surface area contributed by atoms with Crippen LogP contribution in [0.15, 0.2) is 72.8 Å². The van der Waals surface area contributed by atoms with E-state index in [1.807, 2.05) is 36.4 Å². The normalized spacial score (nSPS) is 16.2. The van der Waals surface area contributed by atoms with Crippen LogP contribution in [0.3, 0.4) is 0 Å². The van der Waals surface area contributed by atoms with Crippen molar-refractivity contribution in [3.8, 4) is 5.75 Å². The zero-order valence-electron chi connectivity index (χ0n) is 21.4. The summed E-state index contributed by atoms with van der Waals surface area (Å²) in [5.41, 5.74) is 5.25. The van der Waals surface area contributed by atoms with Crippen LogP contribution in [0.25, 0.3) is 0 Å². The maximum atomic E-state index is 13.0. The predicted molar refractivity (Wildman–Crippen MR) is 163 cm³/mol. The third kappa shape index (κ3) is 6.44. The van der Waals surface area contributed by atoms with Gasteiger partial charge >= 0.3 is 5.97 Å². The summed E-state index contributed by atoms with van der Waals surface area (Å²) in [4.78, 5) is 13.0. The summed E-state index contributed by atoms with van der Waals surface area (Å²) in [6, 6.07) is 24.9. The molecule has 0 aromatic heterocycles. The van der Waals surface area contributed by atoms with Gasteiger partial charge in [-0.3, -0.25) is 4.79 Å². The monoisotopic (exact) mass is 708 g/mol. The molecule has 36 heavy (non-hydrogen) atoms. The first-order valence-corrected chi connectivity index (χ1v) is 14.7. The molecule has 0 saturated heterocycles. The fourth-order valence-corrected chi connectivity index (χ4v) is 4.93. The van der Waals surface area contributed by atoms with Crippen LogP contribution in [0.4, 0.5) is 0 Å². The fourth-order valence-electron chi connectivity index (χ4n) is 4.21. The van der Waals surface area contributed by atoms with Gasteiger partial charge in [0, 0.05) is 6.84 Å². The van der Waals surface area contributed by atoms with Crippen LogP contribution in [-0.4, -0.2) is 5.97 Å². The lowest BCUT2D eigenvalue weighted by molar-refractivity contribution is -0.148. The third-order valence-corrected chi connectivity index (χ3v) is 9.19. The van der Waals surface area contributed by atoms with E-state index in [0.717, 1.165) is 41.7 Å². The van der Waals surface area contributed by atoms with Gasteiger partial charge in [0.25, 0.3) is 0 Å². The van der Waals surface area contributed by atoms with E-state index in [1.54, 1.807) is 0 Å². The van der Waals surface area contributed by atoms with E-state index in [2.05, 4.69) is 109 Å². The van der Waals surface area contributed by atoms with Gasteiger partial charge in [-0.2, -0.15) is 0 Å². The largest absolute Gasteiger partial charge is 0.489 e. The van der Waals surface area contributed by atoms with Crippen LogP contribution in [0.5, 0.6) is 5.75 Å². The molecule has 190 valence electrons. The lowest BCUT2D eigenvalue weighted by Crippen LogP contribution is -2.23. The lowest BCUT2D eigenvalue weighted by atomic mass is 9.96. The van der Waals surface area contributed by atoms with Gasteiger partial charge in [0.15, 0.2) is 0 Å². The van der Waals surface area contributed by atoms with Crippen LogP contribution in [0.1, 0.15) is 74.8 Å². The molecule has 3 aromatic rings. The Hall–Kier alpha value is -1.61. The number of carbonyl (C=O) groups excluding carboxylic acids is 1. The second-order valence-corrected chi connectivity index (χ2v) is 15.5. The maximum Gasteiger partial charge on any atom is 0.316 e. The maximum absolute atomic E-state index is 13.0. The standard InChI is InChI=1S/C31H34I2O3/c1-5-30(4,33)25-12-8-22(9-13-25)20-35-27-16-14-26(15-17-27)31(18-19-31)28(34)36-21-23-6-10-24(11-7-23)29(2,3)32/h6-17H,5,18-21H2,1-4H3. The summed E-state index contributed by atoms with van der Waals surface area (Å²) in [5.74, 6) is 0.668. The minimum Gasteiger partial charge on any atom is -0.489 e. The van der Waals surface area contributed by atoms with E-state index >= 15 is 0 Å². The van der Waals surface area contributed by atoms with Gasteiger partial charge < -0.3 is 9.47 Å². The summed E-state index contributed by atoms with van der Waals surface area (Å²) in [7, 11) is 0. The molecule has 3 aromatic carbocycles. The van der Waals surface area contributed by atoms with Gasteiger partial charge in [-0.25, -0.2) is 0 Å². The summed E-state index contributed by atoms with van der Waals surface area (Å²) in [5, 5.41) is 0. The van der Waals surface area contributed by atoms with Gasteiger partial charge in [-0.15, -0.1) is 0 Å². The van der Waals surface area contributed by atoms with Crippen molar-refractivity contribution >= 4 is 51.2 Å². The lowest BCUT2D eigenvalue weighted by Gasteiger charge is -2.21. The number of carbonyl (C=O) groups is 1. The molecular weight excluding hydrogens is 674 g/mol. The molecule has 0 heterocycles. The van der Waals surface area contributed by atoms with Crippen LogP contribution >= 0.6 is 45.2 Å². The molecule has 1 atom stereocenters. The van der Waals surface area contributed by atoms with Crippen molar-refractivity contribution in [2.24, 2.45) is 0 Å². The smallest absolute Gasteiger partial charge is 0.316 e. The van der Waals surface area contributed by atoms with Crippen LogP contribution in [-0.2, 0) is 35.0 Å². The number of benzene rings is 3. The highest BCUT2D eigenvalue weighted by Gasteiger charge is 2.52. The molecule has 1 fully saturated rings. The molecule has 4 rings (SSSR count). The summed E-state index contributed by atoms with van der Waals surface area (Å²) in [6.07, 6.45) is 2.75. The average Bonchev–Trinajstić information content (AvgIpc) is 3.68.